The van der Waals surface area contributed by atoms with E-state index in [4.69, 9.17) is 10.5 Å². The number of fused-ring (bicyclic) bond motifs is 1. The van der Waals surface area contributed by atoms with Crippen LogP contribution in [0.1, 0.15) is 12.8 Å². The first-order chi connectivity index (χ1) is 9.61. The van der Waals surface area contributed by atoms with Crippen LogP contribution in [0.3, 0.4) is 0 Å². The van der Waals surface area contributed by atoms with Crippen LogP contribution in [0.5, 0.6) is 5.75 Å². The van der Waals surface area contributed by atoms with Crippen LogP contribution in [0.15, 0.2) is 36.5 Å². The van der Waals surface area contributed by atoms with Crippen LogP contribution < -0.4 is 10.5 Å². The molecule has 0 bridgehead atoms. The largest absolute Gasteiger partial charge is 0.489 e. The van der Waals surface area contributed by atoms with E-state index >= 15 is 0 Å². The van der Waals surface area contributed by atoms with Crippen LogP contribution in [-0.4, -0.2) is 28.2 Å². The molecule has 5 heteroatoms. The molecule has 1 atom stereocenters. The van der Waals surface area contributed by atoms with Crippen LogP contribution >= 0.6 is 0 Å². The highest BCUT2D eigenvalue weighted by atomic mass is 16.5. The topological polar surface area (TPSA) is 85.4 Å². The summed E-state index contributed by atoms with van der Waals surface area (Å²) in [6, 6.07) is 9.35. The molecule has 1 unspecified atom stereocenters. The Morgan fingerprint density at radius 3 is 2.85 bits per heavy atom. The monoisotopic (exact) mass is 272 g/mol. The molecule has 0 spiro atoms. The number of pyridine rings is 1. The maximum Gasteiger partial charge on any atom is 0.327 e. The van der Waals surface area contributed by atoms with Crippen molar-refractivity contribution in [3.8, 4) is 5.75 Å². The van der Waals surface area contributed by atoms with Crippen molar-refractivity contribution in [1.29, 1.82) is 0 Å². The molecule has 104 valence electrons. The van der Waals surface area contributed by atoms with Gasteiger partial charge in [-0.15, -0.1) is 0 Å². The Labute approximate surface area is 116 Å². The molecular weight excluding hydrogens is 256 g/mol. The second-order valence-electron chi connectivity index (χ2n) is 5.24. The van der Waals surface area contributed by atoms with E-state index in [9.17, 15) is 9.90 Å². The fourth-order valence-electron chi connectivity index (χ4n) is 2.34. The van der Waals surface area contributed by atoms with Gasteiger partial charge in [0.05, 0.1) is 0 Å². The third-order valence-electron chi connectivity index (χ3n) is 3.77. The van der Waals surface area contributed by atoms with E-state index in [2.05, 4.69) is 4.98 Å². The molecule has 1 aliphatic rings. The summed E-state index contributed by atoms with van der Waals surface area (Å²) in [6.07, 6.45) is 3.38. The highest BCUT2D eigenvalue weighted by molar-refractivity contribution is 5.84. The van der Waals surface area contributed by atoms with Gasteiger partial charge in [-0.25, -0.2) is 0 Å². The number of carbonyl (C=O) groups is 1. The van der Waals surface area contributed by atoms with Crippen molar-refractivity contribution >= 4 is 16.9 Å². The van der Waals surface area contributed by atoms with E-state index in [1.165, 1.54) is 0 Å². The van der Waals surface area contributed by atoms with Gasteiger partial charge in [0.2, 0.25) is 0 Å². The highest BCUT2D eigenvalue weighted by Crippen LogP contribution is 2.39. The highest BCUT2D eigenvalue weighted by Gasteiger charge is 2.49. The van der Waals surface area contributed by atoms with E-state index in [1.807, 2.05) is 24.3 Å². The van der Waals surface area contributed by atoms with E-state index in [0.717, 1.165) is 23.7 Å². The zero-order valence-corrected chi connectivity index (χ0v) is 11.0. The van der Waals surface area contributed by atoms with Gasteiger partial charge in [0, 0.05) is 11.6 Å². The normalized spacial score (nSPS) is 17.6. The third-order valence-corrected chi connectivity index (χ3v) is 3.77. The lowest BCUT2D eigenvalue weighted by Crippen LogP contribution is -2.54. The van der Waals surface area contributed by atoms with Crippen molar-refractivity contribution in [2.75, 3.05) is 6.61 Å². The summed E-state index contributed by atoms with van der Waals surface area (Å²) in [6.45, 7) is -0.0390. The Morgan fingerprint density at radius 1 is 1.40 bits per heavy atom. The molecule has 1 aromatic heterocycles. The molecule has 0 radical (unpaired) electrons. The Kier molecular flexibility index (Phi) is 3.06. The first-order valence-electron chi connectivity index (χ1n) is 6.60. The number of nitrogens with zero attached hydrogens (tertiary/aromatic N) is 1. The molecule has 1 aromatic carbocycles. The second kappa shape index (κ2) is 4.76. The molecule has 3 rings (SSSR count). The van der Waals surface area contributed by atoms with Gasteiger partial charge in [-0.2, -0.15) is 0 Å². The molecule has 0 saturated heterocycles. The predicted molar refractivity (Wildman–Crippen MR) is 74.5 cm³/mol. The summed E-state index contributed by atoms with van der Waals surface area (Å²) in [4.78, 5) is 15.6. The summed E-state index contributed by atoms with van der Waals surface area (Å²) in [5.74, 6) is -0.434. The fourth-order valence-corrected chi connectivity index (χ4v) is 2.34. The first-order valence-corrected chi connectivity index (χ1v) is 6.60. The Bertz CT molecular complexity index is 649. The average Bonchev–Trinajstić information content (AvgIpc) is 3.29. The van der Waals surface area contributed by atoms with E-state index in [-0.39, 0.29) is 12.5 Å². The SMILES string of the molecule is NC(COc1cccc2cccnc12)(C(=O)O)C1CC1. The number of ether oxygens (including phenoxy) is 1. The van der Waals surface area contributed by atoms with Crippen LogP contribution in [0.4, 0.5) is 0 Å². The number of rotatable bonds is 5. The molecule has 1 saturated carbocycles. The van der Waals surface area contributed by atoms with Gasteiger partial charge in [-0.05, 0) is 30.9 Å². The van der Waals surface area contributed by atoms with Gasteiger partial charge in [0.25, 0.3) is 0 Å². The van der Waals surface area contributed by atoms with Crippen molar-refractivity contribution in [2.24, 2.45) is 11.7 Å². The average molecular weight is 272 g/mol. The molecule has 1 heterocycles. The lowest BCUT2D eigenvalue weighted by molar-refractivity contribution is -0.145. The van der Waals surface area contributed by atoms with Gasteiger partial charge in [-0.1, -0.05) is 18.2 Å². The Morgan fingerprint density at radius 2 is 2.15 bits per heavy atom. The van der Waals surface area contributed by atoms with Crippen molar-refractivity contribution in [3.05, 3.63) is 36.5 Å². The molecule has 0 amide bonds. The minimum atomic E-state index is -1.31. The summed E-state index contributed by atoms with van der Waals surface area (Å²) in [5.41, 5.74) is 5.41. The smallest absolute Gasteiger partial charge is 0.327 e. The number of aliphatic carboxylic acids is 1. The molecule has 1 fully saturated rings. The molecule has 3 N–H and O–H groups in total. The lowest BCUT2D eigenvalue weighted by Gasteiger charge is -2.24. The number of carboxylic acid groups (broad SMARTS) is 1. The number of nitrogens with two attached hydrogens (primary N) is 1. The zero-order valence-electron chi connectivity index (χ0n) is 11.0. The minimum Gasteiger partial charge on any atom is -0.489 e. The number of aromatic nitrogens is 1. The van der Waals surface area contributed by atoms with Crippen LogP contribution in [0, 0.1) is 5.92 Å². The number of hydrogen-bond donors (Lipinski definition) is 2. The third kappa shape index (κ3) is 2.20. The molecule has 0 aliphatic heterocycles. The molecule has 5 nitrogen and oxygen atoms in total. The van der Waals surface area contributed by atoms with Gasteiger partial charge in [0.15, 0.2) is 5.54 Å². The predicted octanol–water partition coefficient (Wildman–Crippen LogP) is 1.81. The molecule has 2 aromatic rings. The van der Waals surface area contributed by atoms with Crippen LogP contribution in [-0.2, 0) is 4.79 Å². The number of para-hydroxylation sites is 1. The molecular formula is C15H16N2O3. The lowest BCUT2D eigenvalue weighted by atomic mass is 9.96. The Hall–Kier alpha value is -2.14. The van der Waals surface area contributed by atoms with E-state index in [0.29, 0.717) is 5.75 Å². The minimum absolute atomic E-state index is 0.00272. The molecule has 1 aliphatic carbocycles. The molecule has 20 heavy (non-hydrogen) atoms. The maximum absolute atomic E-state index is 11.4. The zero-order chi connectivity index (χ0) is 14.2. The summed E-state index contributed by atoms with van der Waals surface area (Å²) < 4.78 is 5.68. The van der Waals surface area contributed by atoms with Crippen LogP contribution in [0.2, 0.25) is 0 Å². The summed E-state index contributed by atoms with van der Waals surface area (Å²) in [7, 11) is 0. The number of hydrogen-bond acceptors (Lipinski definition) is 4. The van der Waals surface area contributed by atoms with Gasteiger partial charge < -0.3 is 15.6 Å². The van der Waals surface area contributed by atoms with Crippen molar-refractivity contribution in [2.45, 2.75) is 18.4 Å². The van der Waals surface area contributed by atoms with Crippen molar-refractivity contribution in [1.82, 2.24) is 4.98 Å². The summed E-state index contributed by atoms with van der Waals surface area (Å²) in [5, 5.41) is 10.3. The number of carboxylic acids is 1. The van der Waals surface area contributed by atoms with Gasteiger partial charge >= 0.3 is 5.97 Å². The van der Waals surface area contributed by atoms with E-state index in [1.54, 1.807) is 12.3 Å². The first kappa shape index (κ1) is 12.9. The Balaban J connectivity index is 1.85. The standard InChI is InChI=1S/C15H16N2O3/c16-15(14(18)19,11-6-7-11)9-20-12-5-1-3-10-4-2-8-17-13(10)12/h1-5,8,11H,6-7,9,16H2,(H,18,19). The second-order valence-corrected chi connectivity index (χ2v) is 5.24. The number of benzene rings is 1. The maximum atomic E-state index is 11.4. The van der Waals surface area contributed by atoms with E-state index < -0.39 is 11.5 Å². The van der Waals surface area contributed by atoms with Crippen LogP contribution in [0.25, 0.3) is 10.9 Å². The van der Waals surface area contributed by atoms with Gasteiger partial charge in [-0.3, -0.25) is 9.78 Å². The fraction of sp³-hybridized carbons (Fsp3) is 0.333. The van der Waals surface area contributed by atoms with Crippen molar-refractivity contribution < 1.29 is 14.6 Å². The summed E-state index contributed by atoms with van der Waals surface area (Å²) >= 11 is 0. The van der Waals surface area contributed by atoms with Gasteiger partial charge in [0.1, 0.15) is 17.9 Å². The quantitative estimate of drug-likeness (QED) is 0.867. The van der Waals surface area contributed by atoms with Crippen molar-refractivity contribution in [3.63, 3.8) is 0 Å².